The second-order valence-electron chi connectivity index (χ2n) is 10.4. The topological polar surface area (TPSA) is 97.0 Å². The molecular weight excluding hydrogens is 458 g/mol. The van der Waals surface area contributed by atoms with Crippen molar-refractivity contribution in [3.05, 3.63) is 65.2 Å². The van der Waals surface area contributed by atoms with Gasteiger partial charge in [-0.1, -0.05) is 50.2 Å². The summed E-state index contributed by atoms with van der Waals surface area (Å²) in [5.74, 6) is -0.0838. The molecule has 2 unspecified atom stereocenters. The Morgan fingerprint density at radius 2 is 1.67 bits per heavy atom. The molecule has 0 bridgehead atoms. The Kier molecular flexibility index (Phi) is 8.61. The maximum absolute atomic E-state index is 13.5. The molecule has 194 valence electrons. The monoisotopic (exact) mass is 495 g/mol. The Hall–Kier alpha value is -3.55. The van der Waals surface area contributed by atoms with Crippen LogP contribution in [0.15, 0.2) is 48.5 Å². The van der Waals surface area contributed by atoms with Crippen LogP contribution in [0.1, 0.15) is 51.3 Å². The van der Waals surface area contributed by atoms with Crippen molar-refractivity contribution < 1.29 is 23.9 Å². The van der Waals surface area contributed by atoms with Crippen molar-refractivity contribution in [1.82, 2.24) is 15.5 Å². The van der Waals surface area contributed by atoms with E-state index in [1.807, 2.05) is 62.4 Å². The third kappa shape index (κ3) is 6.99. The predicted octanol–water partition coefficient (Wildman–Crippen LogP) is 3.81. The normalized spacial score (nSPS) is 16.1. The lowest BCUT2D eigenvalue weighted by molar-refractivity contribution is -0.133. The van der Waals surface area contributed by atoms with Crippen LogP contribution in [0.25, 0.3) is 0 Å². The predicted molar refractivity (Wildman–Crippen MR) is 137 cm³/mol. The van der Waals surface area contributed by atoms with E-state index in [4.69, 9.17) is 9.47 Å². The van der Waals surface area contributed by atoms with Crippen molar-refractivity contribution in [2.24, 2.45) is 5.92 Å². The minimum absolute atomic E-state index is 0.157. The molecule has 0 spiro atoms. The molecule has 1 aliphatic rings. The molecule has 2 N–H and O–H groups in total. The molecule has 0 saturated heterocycles. The van der Waals surface area contributed by atoms with Gasteiger partial charge in [0.15, 0.2) is 0 Å². The summed E-state index contributed by atoms with van der Waals surface area (Å²) in [6, 6.07) is 13.6. The van der Waals surface area contributed by atoms with Gasteiger partial charge in [-0.3, -0.25) is 14.5 Å². The van der Waals surface area contributed by atoms with E-state index in [-0.39, 0.29) is 24.3 Å². The fourth-order valence-electron chi connectivity index (χ4n) is 4.10. The summed E-state index contributed by atoms with van der Waals surface area (Å²) in [5, 5.41) is 5.81. The first-order valence-electron chi connectivity index (χ1n) is 12.3. The zero-order valence-corrected chi connectivity index (χ0v) is 22.0. The SMILES string of the molecule is COc1ccc(CNC(=O)C(NC(=O)C2Cc3ccccc3CN2C(=O)OC(C)(C)C)C(C)C)cc1. The summed E-state index contributed by atoms with van der Waals surface area (Å²) in [6.45, 7) is 9.71. The van der Waals surface area contributed by atoms with Gasteiger partial charge in [-0.25, -0.2) is 4.79 Å². The quantitative estimate of drug-likeness (QED) is 0.609. The molecule has 8 nitrogen and oxygen atoms in total. The fourth-order valence-corrected chi connectivity index (χ4v) is 4.10. The van der Waals surface area contributed by atoms with Gasteiger partial charge in [0.1, 0.15) is 23.4 Å². The number of hydrogen-bond acceptors (Lipinski definition) is 5. The van der Waals surface area contributed by atoms with Gasteiger partial charge in [0, 0.05) is 13.0 Å². The highest BCUT2D eigenvalue weighted by molar-refractivity contribution is 5.92. The number of nitrogens with zero attached hydrogens (tertiary/aromatic N) is 1. The molecule has 3 amide bonds. The van der Waals surface area contributed by atoms with E-state index in [0.29, 0.717) is 13.0 Å². The maximum Gasteiger partial charge on any atom is 0.411 e. The largest absolute Gasteiger partial charge is 0.497 e. The van der Waals surface area contributed by atoms with Crippen LogP contribution in [0.3, 0.4) is 0 Å². The van der Waals surface area contributed by atoms with E-state index >= 15 is 0 Å². The number of rotatable bonds is 7. The fraction of sp³-hybridized carbons (Fsp3) is 0.464. The average molecular weight is 496 g/mol. The van der Waals surface area contributed by atoms with Crippen LogP contribution in [0.2, 0.25) is 0 Å². The van der Waals surface area contributed by atoms with Crippen LogP contribution in [-0.2, 0) is 33.8 Å². The lowest BCUT2D eigenvalue weighted by Crippen LogP contribution is -2.58. The number of carbonyl (C=O) groups excluding carboxylic acids is 3. The number of hydrogen-bond donors (Lipinski definition) is 2. The number of benzene rings is 2. The van der Waals surface area contributed by atoms with Crippen molar-refractivity contribution in [2.75, 3.05) is 7.11 Å². The molecule has 8 heteroatoms. The molecule has 0 radical (unpaired) electrons. The Morgan fingerprint density at radius 1 is 1.03 bits per heavy atom. The number of amides is 3. The molecular formula is C28H37N3O5. The van der Waals surface area contributed by atoms with Crippen molar-refractivity contribution >= 4 is 17.9 Å². The summed E-state index contributed by atoms with van der Waals surface area (Å²) in [5.41, 5.74) is 2.20. The Morgan fingerprint density at radius 3 is 2.25 bits per heavy atom. The van der Waals surface area contributed by atoms with Crippen LogP contribution in [0, 0.1) is 5.92 Å². The van der Waals surface area contributed by atoms with Gasteiger partial charge in [-0.05, 0) is 55.5 Å². The summed E-state index contributed by atoms with van der Waals surface area (Å²) in [6.07, 6.45) is -0.207. The number of methoxy groups -OCH3 is 1. The molecule has 3 rings (SSSR count). The highest BCUT2D eigenvalue weighted by Crippen LogP contribution is 2.26. The molecule has 2 aromatic rings. The van der Waals surface area contributed by atoms with Gasteiger partial charge in [-0.2, -0.15) is 0 Å². The van der Waals surface area contributed by atoms with E-state index < -0.39 is 23.8 Å². The van der Waals surface area contributed by atoms with Gasteiger partial charge in [0.2, 0.25) is 11.8 Å². The lowest BCUT2D eigenvalue weighted by atomic mass is 9.93. The molecule has 0 aromatic heterocycles. The Labute approximate surface area is 213 Å². The third-order valence-corrected chi connectivity index (χ3v) is 6.05. The highest BCUT2D eigenvalue weighted by Gasteiger charge is 2.38. The van der Waals surface area contributed by atoms with Gasteiger partial charge < -0.3 is 20.1 Å². The van der Waals surface area contributed by atoms with Crippen molar-refractivity contribution in [3.8, 4) is 5.75 Å². The number of nitrogens with one attached hydrogen (secondary N) is 2. The molecule has 1 aliphatic heterocycles. The van der Waals surface area contributed by atoms with Gasteiger partial charge in [0.25, 0.3) is 0 Å². The van der Waals surface area contributed by atoms with Crippen LogP contribution in [0.5, 0.6) is 5.75 Å². The summed E-state index contributed by atoms with van der Waals surface area (Å²) >= 11 is 0. The second kappa shape index (κ2) is 11.5. The summed E-state index contributed by atoms with van der Waals surface area (Å²) < 4.78 is 10.8. The highest BCUT2D eigenvalue weighted by atomic mass is 16.6. The zero-order valence-electron chi connectivity index (χ0n) is 22.0. The Balaban J connectivity index is 1.74. The molecule has 0 fully saturated rings. The van der Waals surface area contributed by atoms with E-state index in [2.05, 4.69) is 10.6 Å². The van der Waals surface area contributed by atoms with Gasteiger partial charge in [0.05, 0.1) is 13.7 Å². The van der Waals surface area contributed by atoms with Crippen molar-refractivity contribution in [2.45, 2.75) is 71.8 Å². The van der Waals surface area contributed by atoms with Gasteiger partial charge >= 0.3 is 6.09 Å². The van der Waals surface area contributed by atoms with Crippen molar-refractivity contribution in [3.63, 3.8) is 0 Å². The maximum atomic E-state index is 13.5. The molecule has 2 aromatic carbocycles. The molecule has 1 heterocycles. The van der Waals surface area contributed by atoms with Crippen LogP contribution in [0.4, 0.5) is 4.79 Å². The zero-order chi connectivity index (χ0) is 26.5. The smallest absolute Gasteiger partial charge is 0.411 e. The standard InChI is InChI=1S/C28H37N3O5/c1-18(2)24(26(33)29-16-19-11-13-22(35-6)14-12-19)30-25(32)23-15-20-9-7-8-10-21(20)17-31(23)27(34)36-28(3,4)5/h7-14,18,23-24H,15-17H2,1-6H3,(H,29,33)(H,30,32). The average Bonchev–Trinajstić information content (AvgIpc) is 2.83. The minimum Gasteiger partial charge on any atom is -0.497 e. The van der Waals surface area contributed by atoms with E-state index in [0.717, 1.165) is 22.4 Å². The summed E-state index contributed by atoms with van der Waals surface area (Å²) in [4.78, 5) is 41.0. The number of carbonyl (C=O) groups is 3. The van der Waals surface area contributed by atoms with E-state index in [1.165, 1.54) is 4.90 Å². The first-order valence-corrected chi connectivity index (χ1v) is 12.3. The molecule has 2 atom stereocenters. The van der Waals surface area contributed by atoms with Crippen LogP contribution in [-0.4, -0.2) is 47.6 Å². The number of ether oxygens (including phenoxy) is 2. The van der Waals surface area contributed by atoms with Gasteiger partial charge in [-0.15, -0.1) is 0 Å². The first-order chi connectivity index (χ1) is 17.0. The third-order valence-electron chi connectivity index (χ3n) is 6.05. The van der Waals surface area contributed by atoms with Crippen molar-refractivity contribution in [1.29, 1.82) is 0 Å². The van der Waals surface area contributed by atoms with E-state index in [9.17, 15) is 14.4 Å². The molecule has 36 heavy (non-hydrogen) atoms. The number of fused-ring (bicyclic) bond motifs is 1. The van der Waals surface area contributed by atoms with Crippen LogP contribution >= 0.6 is 0 Å². The van der Waals surface area contributed by atoms with Crippen LogP contribution < -0.4 is 15.4 Å². The Bertz CT molecular complexity index is 1080. The lowest BCUT2D eigenvalue weighted by Gasteiger charge is -2.37. The minimum atomic E-state index is -0.787. The summed E-state index contributed by atoms with van der Waals surface area (Å²) in [7, 11) is 1.60. The molecule has 0 aliphatic carbocycles. The molecule has 0 saturated carbocycles. The first kappa shape index (κ1) is 27.0. The second-order valence-corrected chi connectivity index (χ2v) is 10.4. The van der Waals surface area contributed by atoms with E-state index in [1.54, 1.807) is 27.9 Å².